The van der Waals surface area contributed by atoms with Gasteiger partial charge in [0.2, 0.25) is 5.43 Å². The Bertz CT molecular complexity index is 560. The van der Waals surface area contributed by atoms with Crippen molar-refractivity contribution >= 4 is 0 Å². The van der Waals surface area contributed by atoms with Gasteiger partial charge in [-0.2, -0.15) is 0 Å². The molecule has 1 fully saturated rings. The smallest absolute Gasteiger partial charge is 0.223 e. The van der Waals surface area contributed by atoms with Gasteiger partial charge in [-0.25, -0.2) is 0 Å². The molecule has 1 aliphatic heterocycles. The summed E-state index contributed by atoms with van der Waals surface area (Å²) in [5, 5.41) is 19.3. The number of nitrogens with zero attached hydrogens (tertiary/aromatic N) is 2. The Morgan fingerprint density at radius 3 is 2.55 bits per heavy atom. The molecule has 2 N–H and O–H groups in total. The summed E-state index contributed by atoms with van der Waals surface area (Å²) in [4.78, 5) is 14.1. The van der Waals surface area contributed by atoms with Crippen LogP contribution in [0.5, 0.6) is 5.75 Å². The number of aromatic nitrogens is 1. The average Bonchev–Trinajstić information content (AvgIpc) is 2.43. The van der Waals surface area contributed by atoms with Crippen LogP contribution in [0.15, 0.2) is 10.9 Å². The highest BCUT2D eigenvalue weighted by Gasteiger charge is 2.24. The lowest BCUT2D eigenvalue weighted by Gasteiger charge is -2.36. The second-order valence-electron chi connectivity index (χ2n) is 6.13. The monoisotopic (exact) mass is 310 g/mol. The summed E-state index contributed by atoms with van der Waals surface area (Å²) in [5.41, 5.74) is 1.09. The van der Waals surface area contributed by atoms with Crippen molar-refractivity contribution in [1.29, 1.82) is 0 Å². The van der Waals surface area contributed by atoms with Crippen molar-refractivity contribution in [1.82, 2.24) is 9.47 Å². The first-order chi connectivity index (χ1) is 10.4. The number of hydrogen-bond acceptors (Lipinski definition) is 5. The zero-order valence-electron chi connectivity index (χ0n) is 13.6. The van der Waals surface area contributed by atoms with E-state index in [9.17, 15) is 9.90 Å². The minimum atomic E-state index is -0.345. The molecule has 0 bridgehead atoms. The third kappa shape index (κ3) is 3.88. The van der Waals surface area contributed by atoms with Gasteiger partial charge in [0, 0.05) is 44.5 Å². The van der Waals surface area contributed by atoms with E-state index in [-0.39, 0.29) is 30.0 Å². The molecule has 2 heterocycles. The predicted octanol–water partition coefficient (Wildman–Crippen LogP) is 0.854. The van der Waals surface area contributed by atoms with E-state index in [1.165, 1.54) is 6.07 Å². The largest absolute Gasteiger partial charge is 0.503 e. The number of aliphatic hydroxyl groups excluding tert-OH is 1. The van der Waals surface area contributed by atoms with E-state index in [1.54, 1.807) is 0 Å². The summed E-state index contributed by atoms with van der Waals surface area (Å²) in [6, 6.07) is 1.45. The molecule has 1 aromatic rings. The maximum atomic E-state index is 11.9. The number of hydrogen-bond donors (Lipinski definition) is 2. The van der Waals surface area contributed by atoms with E-state index >= 15 is 0 Å². The molecule has 0 spiro atoms. The quantitative estimate of drug-likeness (QED) is 0.843. The van der Waals surface area contributed by atoms with Crippen LogP contribution in [-0.2, 0) is 17.8 Å². The normalized spacial score (nSPS) is 22.9. The van der Waals surface area contributed by atoms with Crippen LogP contribution >= 0.6 is 0 Å². The minimum absolute atomic E-state index is 0.0807. The molecule has 6 nitrogen and oxygen atoms in total. The summed E-state index contributed by atoms with van der Waals surface area (Å²) in [5.74, 6) is -0.185. The number of aryl methyl sites for hydroxylation is 1. The number of morpholine rings is 1. The van der Waals surface area contributed by atoms with E-state index < -0.39 is 0 Å². The van der Waals surface area contributed by atoms with Crippen molar-refractivity contribution in [2.45, 2.75) is 52.5 Å². The summed E-state index contributed by atoms with van der Waals surface area (Å²) in [6.45, 7) is 8.61. The van der Waals surface area contributed by atoms with Gasteiger partial charge in [0.25, 0.3) is 0 Å². The van der Waals surface area contributed by atoms with Gasteiger partial charge in [-0.3, -0.25) is 9.69 Å². The molecule has 2 unspecified atom stereocenters. The van der Waals surface area contributed by atoms with E-state index in [0.717, 1.165) is 18.8 Å². The van der Waals surface area contributed by atoms with Crippen LogP contribution < -0.4 is 5.43 Å². The molecule has 0 saturated carbocycles. The van der Waals surface area contributed by atoms with Crippen molar-refractivity contribution in [3.63, 3.8) is 0 Å². The Balaban J connectivity index is 2.29. The van der Waals surface area contributed by atoms with Crippen LogP contribution in [0, 0.1) is 6.92 Å². The Morgan fingerprint density at radius 1 is 1.32 bits per heavy atom. The lowest BCUT2D eigenvalue weighted by atomic mass is 10.2. The van der Waals surface area contributed by atoms with E-state index in [4.69, 9.17) is 9.84 Å². The second kappa shape index (κ2) is 7.26. The van der Waals surface area contributed by atoms with Crippen LogP contribution in [0.3, 0.4) is 0 Å². The van der Waals surface area contributed by atoms with E-state index in [2.05, 4.69) is 4.90 Å². The maximum absolute atomic E-state index is 11.9. The zero-order valence-corrected chi connectivity index (χ0v) is 13.6. The van der Waals surface area contributed by atoms with Crippen molar-refractivity contribution in [3.8, 4) is 5.75 Å². The number of aromatic hydroxyl groups is 1. The fourth-order valence-corrected chi connectivity index (χ4v) is 3.14. The summed E-state index contributed by atoms with van der Waals surface area (Å²) < 4.78 is 7.65. The van der Waals surface area contributed by atoms with Crippen LogP contribution in [-0.4, -0.2) is 51.6 Å². The molecule has 1 aromatic heterocycles. The SMILES string of the molecule is Cc1cc(=O)c(O)c(CN2CC(C)OC(C)C2)n1CCCO. The van der Waals surface area contributed by atoms with Crippen LogP contribution in [0.1, 0.15) is 31.7 Å². The molecule has 124 valence electrons. The Kier molecular flexibility index (Phi) is 5.61. The van der Waals surface area contributed by atoms with Gasteiger partial charge in [-0.1, -0.05) is 0 Å². The number of rotatable bonds is 5. The lowest BCUT2D eigenvalue weighted by Crippen LogP contribution is -2.45. The van der Waals surface area contributed by atoms with Crippen molar-refractivity contribution in [2.75, 3.05) is 19.7 Å². The summed E-state index contributed by atoms with van der Waals surface area (Å²) >= 11 is 0. The number of aliphatic hydroxyl groups is 1. The Labute approximate surface area is 130 Å². The molecule has 0 radical (unpaired) electrons. The fourth-order valence-electron chi connectivity index (χ4n) is 3.14. The Morgan fingerprint density at radius 2 is 1.95 bits per heavy atom. The molecule has 2 atom stereocenters. The van der Waals surface area contributed by atoms with Gasteiger partial charge in [0.15, 0.2) is 5.75 Å². The van der Waals surface area contributed by atoms with E-state index in [1.807, 2.05) is 25.3 Å². The van der Waals surface area contributed by atoms with Crippen molar-refractivity contribution in [2.24, 2.45) is 0 Å². The number of pyridine rings is 1. The average molecular weight is 310 g/mol. The predicted molar refractivity (Wildman–Crippen MR) is 84.1 cm³/mol. The molecule has 0 amide bonds. The highest BCUT2D eigenvalue weighted by molar-refractivity contribution is 5.29. The van der Waals surface area contributed by atoms with Gasteiger partial charge < -0.3 is 19.5 Å². The van der Waals surface area contributed by atoms with Gasteiger partial charge in [0.05, 0.1) is 17.9 Å². The first kappa shape index (κ1) is 17.0. The topological polar surface area (TPSA) is 74.9 Å². The van der Waals surface area contributed by atoms with Gasteiger partial charge >= 0.3 is 0 Å². The highest BCUT2D eigenvalue weighted by atomic mass is 16.5. The minimum Gasteiger partial charge on any atom is -0.503 e. The fraction of sp³-hybridized carbons (Fsp3) is 0.688. The molecular weight excluding hydrogens is 284 g/mol. The molecule has 1 saturated heterocycles. The van der Waals surface area contributed by atoms with Gasteiger partial charge in [0.1, 0.15) is 0 Å². The first-order valence-corrected chi connectivity index (χ1v) is 7.83. The lowest BCUT2D eigenvalue weighted by molar-refractivity contribution is -0.0712. The molecule has 1 aliphatic rings. The van der Waals surface area contributed by atoms with Gasteiger partial charge in [-0.15, -0.1) is 0 Å². The molecule has 2 rings (SSSR count). The maximum Gasteiger partial charge on any atom is 0.223 e. The highest BCUT2D eigenvalue weighted by Crippen LogP contribution is 2.20. The third-order valence-electron chi connectivity index (χ3n) is 4.01. The third-order valence-corrected chi connectivity index (χ3v) is 4.01. The number of ether oxygens (including phenoxy) is 1. The molecule has 0 aromatic carbocycles. The standard InChI is InChI=1S/C16H26N2O4/c1-11-7-15(20)16(21)14(18(11)5-4-6-19)10-17-8-12(2)22-13(3)9-17/h7,12-13,19,21H,4-6,8-10H2,1-3H3. The Hall–Kier alpha value is -1.37. The first-order valence-electron chi connectivity index (χ1n) is 7.83. The van der Waals surface area contributed by atoms with Gasteiger partial charge in [-0.05, 0) is 27.2 Å². The molecule has 0 aliphatic carbocycles. The van der Waals surface area contributed by atoms with Crippen molar-refractivity contribution in [3.05, 3.63) is 27.7 Å². The van der Waals surface area contributed by atoms with Crippen LogP contribution in [0.4, 0.5) is 0 Å². The molecule has 22 heavy (non-hydrogen) atoms. The summed E-state index contributed by atoms with van der Waals surface area (Å²) in [6.07, 6.45) is 0.855. The van der Waals surface area contributed by atoms with Crippen LogP contribution in [0.2, 0.25) is 0 Å². The summed E-state index contributed by atoms with van der Waals surface area (Å²) in [7, 11) is 0. The van der Waals surface area contributed by atoms with Crippen molar-refractivity contribution < 1.29 is 14.9 Å². The second-order valence-corrected chi connectivity index (χ2v) is 6.13. The van der Waals surface area contributed by atoms with E-state index in [0.29, 0.717) is 25.2 Å². The zero-order chi connectivity index (χ0) is 16.3. The van der Waals surface area contributed by atoms with Crippen LogP contribution in [0.25, 0.3) is 0 Å². The molecular formula is C16H26N2O4. The molecule has 6 heteroatoms.